The Morgan fingerprint density at radius 3 is 2.35 bits per heavy atom. The van der Waals surface area contributed by atoms with Gasteiger partial charge in [0, 0.05) is 24.0 Å². The molecule has 212 valence electrons. The second-order valence-electron chi connectivity index (χ2n) is 11.2. The highest BCUT2D eigenvalue weighted by Crippen LogP contribution is 2.33. The van der Waals surface area contributed by atoms with Crippen LogP contribution in [-0.2, 0) is 22.1 Å². The Labute approximate surface area is 229 Å². The quantitative estimate of drug-likeness (QED) is 0.442. The van der Waals surface area contributed by atoms with Crippen molar-refractivity contribution in [3.8, 4) is 0 Å². The van der Waals surface area contributed by atoms with Gasteiger partial charge in [-0.05, 0) is 69.5 Å². The molecule has 0 radical (unpaired) electrons. The van der Waals surface area contributed by atoms with Crippen molar-refractivity contribution in [1.82, 2.24) is 15.2 Å². The summed E-state index contributed by atoms with van der Waals surface area (Å²) in [6.07, 6.45) is -5.08. The number of carbonyl (C=O) groups excluding carboxylic acids is 2. The summed E-state index contributed by atoms with van der Waals surface area (Å²) in [6, 6.07) is 13.1. The first kappa shape index (κ1) is 28.8. The molecule has 0 unspecified atom stereocenters. The molecule has 8 nitrogen and oxygen atoms in total. The third-order valence-electron chi connectivity index (χ3n) is 6.84. The van der Waals surface area contributed by atoms with Gasteiger partial charge in [-0.3, -0.25) is 9.59 Å². The highest BCUT2D eigenvalue weighted by atomic mass is 19.4. The van der Waals surface area contributed by atoms with E-state index in [1.807, 2.05) is 0 Å². The summed E-state index contributed by atoms with van der Waals surface area (Å²) in [5, 5.41) is 13.2. The largest absolute Gasteiger partial charge is 0.481 e. The Morgan fingerprint density at radius 1 is 1.10 bits per heavy atom. The van der Waals surface area contributed by atoms with Gasteiger partial charge in [0.15, 0.2) is 0 Å². The molecule has 2 heterocycles. The van der Waals surface area contributed by atoms with E-state index < -0.39 is 46.9 Å². The highest BCUT2D eigenvalue weighted by Gasteiger charge is 2.51. The molecule has 0 aliphatic carbocycles. The van der Waals surface area contributed by atoms with Crippen LogP contribution >= 0.6 is 0 Å². The number of nitrogens with one attached hydrogen (secondary N) is 1. The first-order chi connectivity index (χ1) is 18.6. The van der Waals surface area contributed by atoms with Gasteiger partial charge in [0.2, 0.25) is 0 Å². The van der Waals surface area contributed by atoms with Gasteiger partial charge in [-0.1, -0.05) is 30.3 Å². The molecule has 4 rings (SSSR count). The fourth-order valence-corrected chi connectivity index (χ4v) is 4.65. The van der Waals surface area contributed by atoms with Crippen molar-refractivity contribution in [2.75, 3.05) is 13.1 Å². The minimum Gasteiger partial charge on any atom is -0.481 e. The van der Waals surface area contributed by atoms with E-state index in [4.69, 9.17) is 4.74 Å². The Balaban J connectivity index is 1.51. The number of nitrogens with zero attached hydrogens (tertiary/aromatic N) is 2. The molecule has 1 fully saturated rings. The summed E-state index contributed by atoms with van der Waals surface area (Å²) in [5.41, 5.74) is -1.59. The molecule has 3 aromatic rings. The normalized spacial score (nSPS) is 19.5. The smallest absolute Gasteiger partial charge is 0.433 e. The molecular weight excluding hydrogens is 527 g/mol. The second-order valence-corrected chi connectivity index (χ2v) is 11.2. The second kappa shape index (κ2) is 10.4. The van der Waals surface area contributed by atoms with Crippen LogP contribution < -0.4 is 5.32 Å². The molecule has 0 bridgehead atoms. The van der Waals surface area contributed by atoms with Crippen LogP contribution in [0.5, 0.6) is 0 Å². The van der Waals surface area contributed by atoms with Gasteiger partial charge in [0.1, 0.15) is 16.7 Å². The number of aromatic nitrogens is 1. The highest BCUT2D eigenvalue weighted by molar-refractivity contribution is 5.95. The van der Waals surface area contributed by atoms with E-state index in [0.717, 1.165) is 6.07 Å². The zero-order valence-electron chi connectivity index (χ0n) is 22.5. The van der Waals surface area contributed by atoms with Crippen molar-refractivity contribution in [3.05, 3.63) is 77.0 Å². The lowest BCUT2D eigenvalue weighted by Gasteiger charge is -2.26. The lowest BCUT2D eigenvalue weighted by atomic mass is 9.85. The maximum Gasteiger partial charge on any atom is 0.433 e. The van der Waals surface area contributed by atoms with E-state index >= 15 is 0 Å². The first-order valence-corrected chi connectivity index (χ1v) is 12.6. The van der Waals surface area contributed by atoms with Crippen LogP contribution in [-0.4, -0.2) is 57.7 Å². The summed E-state index contributed by atoms with van der Waals surface area (Å²) < 4.78 is 45.6. The molecular formula is C29H30F3N3O5. The topological polar surface area (TPSA) is 109 Å². The molecule has 1 saturated heterocycles. The van der Waals surface area contributed by atoms with Gasteiger partial charge < -0.3 is 20.1 Å². The fourth-order valence-electron chi connectivity index (χ4n) is 4.65. The molecule has 1 aliphatic rings. The van der Waals surface area contributed by atoms with Gasteiger partial charge in [0.25, 0.3) is 5.91 Å². The number of carboxylic acids is 1. The average Bonchev–Trinajstić information content (AvgIpc) is 3.20. The number of para-hydroxylation sites is 1. The maximum atomic E-state index is 13.4. The van der Waals surface area contributed by atoms with E-state index in [1.54, 1.807) is 51.1 Å². The van der Waals surface area contributed by atoms with Gasteiger partial charge in [0.05, 0.1) is 11.6 Å². The molecule has 2 amide bonds. The molecule has 0 spiro atoms. The van der Waals surface area contributed by atoms with Crippen LogP contribution in [0.1, 0.15) is 54.9 Å². The molecule has 11 heteroatoms. The van der Waals surface area contributed by atoms with Crippen molar-refractivity contribution < 1.29 is 37.4 Å². The van der Waals surface area contributed by atoms with E-state index in [1.165, 1.54) is 30.0 Å². The standard InChI is InChI=1S/C29H30F3N3O5/c1-27(2,3)40-26(39)35-15-23(28(4,16-35)25(37)38)34-24(36)18-11-9-17(10-12-18)13-19-14-22(29(30,31)32)33-21-8-6-5-7-20(19)21/h5-12,14,23H,13,15-16H2,1-4H3,(H,34,36)(H,37,38)/t23-,28+/m1/s1. The predicted octanol–water partition coefficient (Wildman–Crippen LogP) is 5.28. The molecule has 0 saturated carbocycles. The summed E-state index contributed by atoms with van der Waals surface area (Å²) in [6.45, 7) is 6.38. The zero-order valence-corrected chi connectivity index (χ0v) is 22.5. The molecule has 1 aliphatic heterocycles. The minimum absolute atomic E-state index is 0.0435. The number of halogens is 3. The van der Waals surface area contributed by atoms with Crippen molar-refractivity contribution >= 4 is 28.9 Å². The predicted molar refractivity (Wildman–Crippen MR) is 141 cm³/mol. The van der Waals surface area contributed by atoms with Gasteiger partial charge in [-0.2, -0.15) is 13.2 Å². The maximum absolute atomic E-state index is 13.4. The van der Waals surface area contributed by atoms with Gasteiger partial charge in [-0.15, -0.1) is 0 Å². The SMILES string of the molecule is CC(C)(C)OC(=O)N1C[C@@H](NC(=O)c2ccc(Cc3cc(C(F)(F)F)nc4ccccc34)cc2)[C@@](C)(C(=O)O)C1. The number of rotatable bonds is 5. The van der Waals surface area contributed by atoms with E-state index in [9.17, 15) is 32.7 Å². The van der Waals surface area contributed by atoms with Crippen molar-refractivity contribution in [1.29, 1.82) is 0 Å². The monoisotopic (exact) mass is 557 g/mol. The van der Waals surface area contributed by atoms with Crippen LogP contribution in [0, 0.1) is 5.41 Å². The van der Waals surface area contributed by atoms with Crippen LogP contribution in [0.25, 0.3) is 10.9 Å². The number of alkyl halides is 3. The van der Waals surface area contributed by atoms with Crippen LogP contribution in [0.2, 0.25) is 0 Å². The van der Waals surface area contributed by atoms with E-state index in [-0.39, 0.29) is 30.6 Å². The number of hydrogen-bond acceptors (Lipinski definition) is 5. The molecule has 2 aromatic carbocycles. The summed E-state index contributed by atoms with van der Waals surface area (Å²) in [4.78, 5) is 42.7. The number of aliphatic carboxylic acids is 1. The number of hydrogen-bond donors (Lipinski definition) is 2. The van der Waals surface area contributed by atoms with Crippen LogP contribution in [0.15, 0.2) is 54.6 Å². The zero-order chi connectivity index (χ0) is 29.5. The molecule has 40 heavy (non-hydrogen) atoms. The lowest BCUT2D eigenvalue weighted by molar-refractivity contribution is -0.148. The number of carbonyl (C=O) groups is 3. The number of amides is 2. The van der Waals surface area contributed by atoms with Crippen LogP contribution in [0.3, 0.4) is 0 Å². The third-order valence-corrected chi connectivity index (χ3v) is 6.84. The molecule has 1 aromatic heterocycles. The van der Waals surface area contributed by atoms with E-state index in [0.29, 0.717) is 16.5 Å². The Kier molecular flexibility index (Phi) is 7.53. The summed E-state index contributed by atoms with van der Waals surface area (Å²) >= 11 is 0. The van der Waals surface area contributed by atoms with Crippen molar-refractivity contribution in [2.24, 2.45) is 5.41 Å². The Morgan fingerprint density at radius 2 is 1.75 bits per heavy atom. The summed E-state index contributed by atoms with van der Waals surface area (Å²) in [7, 11) is 0. The Bertz CT molecular complexity index is 1450. The van der Waals surface area contributed by atoms with Gasteiger partial charge in [-0.25, -0.2) is 9.78 Å². The average molecular weight is 558 g/mol. The first-order valence-electron chi connectivity index (χ1n) is 12.6. The fraction of sp³-hybridized carbons (Fsp3) is 0.379. The Hall–Kier alpha value is -4.15. The minimum atomic E-state index is -4.59. The molecule has 2 atom stereocenters. The third kappa shape index (κ3) is 6.19. The van der Waals surface area contributed by atoms with Gasteiger partial charge >= 0.3 is 18.2 Å². The number of likely N-dealkylation sites (tertiary alicyclic amines) is 1. The molecule has 2 N–H and O–H groups in total. The number of pyridine rings is 1. The van der Waals surface area contributed by atoms with E-state index in [2.05, 4.69) is 10.3 Å². The van der Waals surface area contributed by atoms with Crippen molar-refractivity contribution in [2.45, 2.75) is 51.9 Å². The number of ether oxygens (including phenoxy) is 1. The lowest BCUT2D eigenvalue weighted by Crippen LogP contribution is -2.49. The van der Waals surface area contributed by atoms with Crippen LogP contribution in [0.4, 0.5) is 18.0 Å². The summed E-state index contributed by atoms with van der Waals surface area (Å²) in [5.74, 6) is -1.70. The number of benzene rings is 2. The van der Waals surface area contributed by atoms with Crippen molar-refractivity contribution in [3.63, 3.8) is 0 Å². The number of fused-ring (bicyclic) bond motifs is 1. The number of carboxylic acid groups (broad SMARTS) is 1.